The van der Waals surface area contributed by atoms with Crippen molar-refractivity contribution in [1.82, 2.24) is 44.8 Å². The first-order valence-electron chi connectivity index (χ1n) is 17.6. The van der Waals surface area contributed by atoms with E-state index >= 15 is 0 Å². The van der Waals surface area contributed by atoms with Gasteiger partial charge in [0.25, 0.3) is 17.0 Å². The van der Waals surface area contributed by atoms with Crippen LogP contribution in [0.1, 0.15) is 40.0 Å². The maximum atomic E-state index is 12.3. The highest BCUT2D eigenvalue weighted by Gasteiger charge is 2.28. The third-order valence-corrected chi connectivity index (χ3v) is 8.93. The summed E-state index contributed by atoms with van der Waals surface area (Å²) in [6, 6.07) is 8.39. The molecule has 2 aromatic carbocycles. The van der Waals surface area contributed by atoms with Crippen molar-refractivity contribution >= 4 is 51.7 Å². The van der Waals surface area contributed by atoms with Gasteiger partial charge in [0.2, 0.25) is 5.95 Å². The van der Waals surface area contributed by atoms with Gasteiger partial charge in [0.05, 0.1) is 42.6 Å². The number of aliphatic hydroxyl groups excluding tert-OH is 4. The van der Waals surface area contributed by atoms with Crippen molar-refractivity contribution in [1.29, 1.82) is 0 Å². The molecule has 23 nitrogen and oxygen atoms in total. The number of carboxylic acid groups (broad SMARTS) is 2. The smallest absolute Gasteiger partial charge is 0.349 e. The van der Waals surface area contributed by atoms with Crippen molar-refractivity contribution in [2.75, 3.05) is 17.7 Å². The van der Waals surface area contributed by atoms with E-state index in [-0.39, 0.29) is 60.1 Å². The van der Waals surface area contributed by atoms with E-state index in [2.05, 4.69) is 45.5 Å². The maximum absolute atomic E-state index is 12.3. The largest absolute Gasteiger partial charge is 0.481 e. The number of aliphatic carboxylic acids is 2. The zero-order chi connectivity index (χ0) is 43.1. The number of nitrogens with zero attached hydrogens (tertiary/aromatic N) is 6. The molecular weight excluding hydrogens is 778 g/mol. The van der Waals surface area contributed by atoms with Crippen LogP contribution >= 0.6 is 0 Å². The lowest BCUT2D eigenvalue weighted by Gasteiger charge is -2.25. The number of carbonyl (C=O) groups excluding carboxylic acids is 1. The minimum absolute atomic E-state index is 0.0516. The van der Waals surface area contributed by atoms with Crippen LogP contribution in [-0.2, 0) is 22.7 Å². The second-order valence-electron chi connectivity index (χ2n) is 13.2. The van der Waals surface area contributed by atoms with Gasteiger partial charge in [-0.15, -0.1) is 0 Å². The number of anilines is 2. The van der Waals surface area contributed by atoms with Crippen molar-refractivity contribution < 1.29 is 45.0 Å². The first kappa shape index (κ1) is 42.9. The van der Waals surface area contributed by atoms with Gasteiger partial charge in [-0.2, -0.15) is 9.97 Å². The number of fused-ring (bicyclic) bond motifs is 3. The Morgan fingerprint density at radius 3 is 2.25 bits per heavy atom. The van der Waals surface area contributed by atoms with Gasteiger partial charge in [0, 0.05) is 17.7 Å². The van der Waals surface area contributed by atoms with Gasteiger partial charge in [-0.05, 0) is 67.8 Å². The van der Waals surface area contributed by atoms with Crippen LogP contribution in [0.5, 0.6) is 0 Å². The molecular formula is C36H39N11O12. The minimum Gasteiger partial charge on any atom is -0.481 e. The Labute approximate surface area is 330 Å². The van der Waals surface area contributed by atoms with Crippen LogP contribution in [0.3, 0.4) is 0 Å². The fourth-order valence-corrected chi connectivity index (χ4v) is 5.65. The average Bonchev–Trinajstić information content (AvgIpc) is 3.19. The van der Waals surface area contributed by atoms with E-state index in [1.807, 2.05) is 13.8 Å². The van der Waals surface area contributed by atoms with E-state index in [4.69, 9.17) is 21.1 Å². The van der Waals surface area contributed by atoms with E-state index in [1.54, 1.807) is 24.3 Å². The number of carbonyl (C=O) groups is 3. The SMILES string of the molecule is Cc1cc2nc3c(=O)[nH]c(=O)nc-3n(C[C@H](O)[C@H](O)[C@H](O)CO)c2cc1C.Nc1nc2ncc(CNc3ccc(C(=O)N[C@@H](CCC(=O)O)C(=O)O)cc3)nc2c(=O)[nH]1. The summed E-state index contributed by atoms with van der Waals surface area (Å²) in [7, 11) is 0. The summed E-state index contributed by atoms with van der Waals surface area (Å²) in [6.45, 7) is 2.96. The van der Waals surface area contributed by atoms with Crippen molar-refractivity contribution in [2.45, 2.75) is 64.1 Å². The zero-order valence-electron chi connectivity index (χ0n) is 31.3. The summed E-state index contributed by atoms with van der Waals surface area (Å²) in [5.41, 5.74) is 7.58. The Morgan fingerprint density at radius 2 is 1.59 bits per heavy atom. The number of nitrogens with two attached hydrogens (primary N) is 1. The van der Waals surface area contributed by atoms with Crippen LogP contribution in [0.2, 0.25) is 0 Å². The molecule has 6 rings (SSSR count). The zero-order valence-corrected chi connectivity index (χ0v) is 31.3. The molecule has 0 unspecified atom stereocenters. The van der Waals surface area contributed by atoms with E-state index in [0.29, 0.717) is 22.4 Å². The Kier molecular flexibility index (Phi) is 13.4. The number of aromatic amines is 2. The Balaban J connectivity index is 0.000000227. The van der Waals surface area contributed by atoms with Crippen LogP contribution in [0.15, 0.2) is 57.0 Å². The van der Waals surface area contributed by atoms with Crippen molar-refractivity contribution in [2.24, 2.45) is 0 Å². The molecule has 2 aromatic heterocycles. The molecule has 4 aromatic rings. The number of nitrogen functional groups attached to an aromatic ring is 1. The molecule has 59 heavy (non-hydrogen) atoms. The number of hydrogen-bond donors (Lipinski definition) is 11. The maximum Gasteiger partial charge on any atom is 0.349 e. The predicted molar refractivity (Wildman–Crippen MR) is 208 cm³/mol. The van der Waals surface area contributed by atoms with Gasteiger partial charge >= 0.3 is 17.6 Å². The molecule has 0 saturated carbocycles. The Bertz CT molecular complexity index is 2670. The summed E-state index contributed by atoms with van der Waals surface area (Å²) in [5, 5.41) is 62.0. The van der Waals surface area contributed by atoms with Crippen molar-refractivity contribution in [3.63, 3.8) is 0 Å². The number of H-pyrrole nitrogens is 2. The molecule has 310 valence electrons. The summed E-state index contributed by atoms with van der Waals surface area (Å²) < 4.78 is 1.40. The number of hydrogen-bond acceptors (Lipinski definition) is 17. The van der Waals surface area contributed by atoms with Crippen LogP contribution in [0.4, 0.5) is 11.6 Å². The minimum atomic E-state index is -1.64. The third-order valence-electron chi connectivity index (χ3n) is 8.93. The van der Waals surface area contributed by atoms with Gasteiger partial charge in [-0.25, -0.2) is 24.5 Å². The second kappa shape index (κ2) is 18.4. The monoisotopic (exact) mass is 817 g/mol. The number of carboxylic acids is 2. The quantitative estimate of drug-likeness (QED) is 0.0542. The number of rotatable bonds is 14. The van der Waals surface area contributed by atoms with Crippen molar-refractivity contribution in [3.8, 4) is 11.5 Å². The molecule has 4 atom stereocenters. The Morgan fingerprint density at radius 1 is 0.898 bits per heavy atom. The highest BCUT2D eigenvalue weighted by atomic mass is 16.4. The van der Waals surface area contributed by atoms with Crippen molar-refractivity contribution in [3.05, 3.63) is 96.2 Å². The van der Waals surface area contributed by atoms with Crippen LogP contribution in [0, 0.1) is 13.8 Å². The number of aromatic nitrogens is 8. The highest BCUT2D eigenvalue weighted by Crippen LogP contribution is 2.24. The molecule has 0 saturated heterocycles. The number of benzene rings is 2. The highest BCUT2D eigenvalue weighted by molar-refractivity contribution is 5.97. The molecule has 23 heteroatoms. The van der Waals surface area contributed by atoms with Gasteiger partial charge in [0.1, 0.15) is 24.4 Å². The van der Waals surface area contributed by atoms with E-state index in [9.17, 15) is 44.1 Å². The van der Waals surface area contributed by atoms with E-state index in [0.717, 1.165) is 11.1 Å². The molecule has 2 aliphatic rings. The summed E-state index contributed by atoms with van der Waals surface area (Å²) >= 11 is 0. The normalized spacial score (nSPS) is 13.3. The van der Waals surface area contributed by atoms with Gasteiger partial charge in [-0.3, -0.25) is 29.1 Å². The fourth-order valence-electron chi connectivity index (χ4n) is 5.65. The molecule has 0 aliphatic carbocycles. The van der Waals surface area contributed by atoms with Crippen LogP contribution in [-0.4, -0.2) is 119 Å². The predicted octanol–water partition coefficient (Wildman–Crippen LogP) is -1.77. The first-order chi connectivity index (χ1) is 27.9. The Hall–Kier alpha value is -7.21. The second-order valence-corrected chi connectivity index (χ2v) is 13.2. The standard InChI is InChI=1S/C19H19N7O6.C17H20N4O6/c20-19-25-15-14(17(30)26-19)23-11(8-22-15)7-21-10-3-1-9(2-4-10)16(29)24-12(18(31)32)5-6-13(27)28;1-7-3-9-10(4-8(7)2)21(5-11(23)14(25)12(24)6-22)15-13(18-9)16(26)20-17(27)19-15/h1-4,8,12,21H,5-7H2,(H,24,29)(H,27,28)(H,31,32)(H3,20,22,25,26,30);3-4,11-12,14,22-25H,5-6H2,1-2H3,(H,20,26,27)/t12-;11-,12+,14-/m00/s1. The molecule has 1 amide bonds. The molecule has 0 radical (unpaired) electrons. The molecule has 0 spiro atoms. The molecule has 0 bridgehead atoms. The fraction of sp³-hybridized carbons (Fsp3) is 0.306. The van der Waals surface area contributed by atoms with Gasteiger partial charge < -0.3 is 51.6 Å². The van der Waals surface area contributed by atoms with Crippen LogP contribution in [0.25, 0.3) is 33.7 Å². The molecule has 12 N–H and O–H groups in total. The summed E-state index contributed by atoms with van der Waals surface area (Å²) in [5.74, 6) is -3.21. The van der Waals surface area contributed by atoms with E-state index < -0.39 is 65.6 Å². The summed E-state index contributed by atoms with van der Waals surface area (Å²) in [4.78, 5) is 94.6. The number of nitrogens with one attached hydrogen (secondary N) is 4. The third kappa shape index (κ3) is 10.4. The number of aliphatic hydroxyl groups is 4. The average molecular weight is 818 g/mol. The molecule has 0 fully saturated rings. The lowest BCUT2D eigenvalue weighted by Crippen LogP contribution is -2.42. The molecule has 2 aliphatic heterocycles. The summed E-state index contributed by atoms with van der Waals surface area (Å²) in [6.07, 6.45) is -3.84. The number of aryl methyl sites for hydroxylation is 2. The lowest BCUT2D eigenvalue weighted by molar-refractivity contribution is -0.140. The van der Waals surface area contributed by atoms with Crippen LogP contribution < -0.4 is 33.2 Å². The topological polar surface area (TPSA) is 375 Å². The lowest BCUT2D eigenvalue weighted by atomic mass is 10.1. The number of amides is 1. The van der Waals surface area contributed by atoms with Gasteiger partial charge in [-0.1, -0.05) is 0 Å². The van der Waals surface area contributed by atoms with Gasteiger partial charge in [0.15, 0.2) is 22.7 Å². The first-order valence-corrected chi connectivity index (χ1v) is 17.6. The molecule has 4 heterocycles. The van der Waals surface area contributed by atoms with E-state index in [1.165, 1.54) is 22.9 Å².